The van der Waals surface area contributed by atoms with Crippen LogP contribution in [0.2, 0.25) is 0 Å². The molecule has 0 saturated heterocycles. The lowest BCUT2D eigenvalue weighted by molar-refractivity contribution is -0.141. The maximum Gasteiger partial charge on any atom is 0.242 e. The van der Waals surface area contributed by atoms with Gasteiger partial charge < -0.3 is 15.0 Å². The van der Waals surface area contributed by atoms with Gasteiger partial charge in [-0.15, -0.1) is 0 Å². The summed E-state index contributed by atoms with van der Waals surface area (Å²) in [4.78, 5) is 27.4. The molecular weight excluding hydrogens is 371 g/mol. The van der Waals surface area contributed by atoms with Gasteiger partial charge in [-0.05, 0) is 42.2 Å². The number of hydrogen-bond acceptors (Lipinski definition) is 3. The monoisotopic (exact) mass is 400 g/mol. The zero-order chi connectivity index (χ0) is 21.2. The summed E-state index contributed by atoms with van der Waals surface area (Å²) < 4.78 is 19.2. The molecule has 1 atom stereocenters. The second-order valence-electron chi connectivity index (χ2n) is 6.85. The average Bonchev–Trinajstić information content (AvgIpc) is 2.74. The summed E-state index contributed by atoms with van der Waals surface area (Å²) in [5.74, 6) is -0.186. The minimum atomic E-state index is -0.622. The van der Waals surface area contributed by atoms with E-state index in [-0.39, 0.29) is 24.8 Å². The van der Waals surface area contributed by atoms with E-state index in [1.54, 1.807) is 30.2 Å². The van der Waals surface area contributed by atoms with Crippen LogP contribution in [0.25, 0.3) is 0 Å². The zero-order valence-corrected chi connectivity index (χ0v) is 17.3. The zero-order valence-electron chi connectivity index (χ0n) is 17.3. The van der Waals surface area contributed by atoms with Crippen LogP contribution in [0.4, 0.5) is 4.39 Å². The molecule has 1 N–H and O–H groups in total. The molecule has 156 valence electrons. The van der Waals surface area contributed by atoms with Gasteiger partial charge in [0.15, 0.2) is 0 Å². The second kappa shape index (κ2) is 11.2. The SMILES string of the molecule is CCCNC(=O)[C@@H](CC)N(Cc1ccc(OC)cc1)C(=O)Cc1ccccc1F. The summed E-state index contributed by atoms with van der Waals surface area (Å²) in [6.07, 6.45) is 1.18. The Labute approximate surface area is 171 Å². The normalized spacial score (nSPS) is 11.6. The van der Waals surface area contributed by atoms with Gasteiger partial charge in [0.2, 0.25) is 11.8 Å². The van der Waals surface area contributed by atoms with Gasteiger partial charge in [0, 0.05) is 13.1 Å². The molecule has 5 nitrogen and oxygen atoms in total. The maximum atomic E-state index is 14.1. The van der Waals surface area contributed by atoms with E-state index < -0.39 is 11.9 Å². The van der Waals surface area contributed by atoms with Crippen LogP contribution in [0.3, 0.4) is 0 Å². The number of carbonyl (C=O) groups excluding carboxylic acids is 2. The van der Waals surface area contributed by atoms with Crippen LogP contribution in [0.5, 0.6) is 5.75 Å². The van der Waals surface area contributed by atoms with E-state index in [1.165, 1.54) is 6.07 Å². The standard InChI is InChI=1S/C23H29FN2O3/c1-4-14-25-23(28)21(5-2)26(16-17-10-12-19(29-3)13-11-17)22(27)15-18-8-6-7-9-20(18)24/h6-13,21H,4-5,14-16H2,1-3H3,(H,25,28)/t21-/m1/s1. The number of rotatable bonds is 10. The predicted octanol–water partition coefficient (Wildman–Crippen LogP) is 3.71. The van der Waals surface area contributed by atoms with E-state index in [2.05, 4.69) is 5.32 Å². The van der Waals surface area contributed by atoms with Gasteiger partial charge in [-0.1, -0.05) is 44.2 Å². The molecule has 6 heteroatoms. The molecule has 0 fully saturated rings. The minimum absolute atomic E-state index is 0.0968. The van der Waals surface area contributed by atoms with Gasteiger partial charge in [0.1, 0.15) is 17.6 Å². The Hall–Kier alpha value is -2.89. The van der Waals surface area contributed by atoms with Crippen LogP contribution in [0.1, 0.15) is 37.8 Å². The number of carbonyl (C=O) groups is 2. The fourth-order valence-electron chi connectivity index (χ4n) is 3.12. The van der Waals surface area contributed by atoms with Crippen molar-refractivity contribution in [3.63, 3.8) is 0 Å². The highest BCUT2D eigenvalue weighted by atomic mass is 19.1. The Kier molecular flexibility index (Phi) is 8.65. The molecule has 0 bridgehead atoms. The molecule has 0 aromatic heterocycles. The van der Waals surface area contributed by atoms with E-state index in [0.29, 0.717) is 24.3 Å². The highest BCUT2D eigenvalue weighted by Gasteiger charge is 2.28. The number of halogens is 1. The quantitative estimate of drug-likeness (QED) is 0.661. The van der Waals surface area contributed by atoms with Gasteiger partial charge in [-0.3, -0.25) is 9.59 Å². The van der Waals surface area contributed by atoms with Gasteiger partial charge >= 0.3 is 0 Å². The number of benzene rings is 2. The Balaban J connectivity index is 2.27. The molecular formula is C23H29FN2O3. The molecule has 0 heterocycles. The van der Waals surface area contributed by atoms with Gasteiger partial charge in [0.05, 0.1) is 13.5 Å². The first-order valence-corrected chi connectivity index (χ1v) is 9.93. The Morgan fingerprint density at radius 1 is 1.10 bits per heavy atom. The average molecular weight is 400 g/mol. The molecule has 0 saturated carbocycles. The van der Waals surface area contributed by atoms with Crippen molar-refractivity contribution in [1.82, 2.24) is 10.2 Å². The van der Waals surface area contributed by atoms with Gasteiger partial charge in [-0.2, -0.15) is 0 Å². The van der Waals surface area contributed by atoms with Crippen LogP contribution in [-0.4, -0.2) is 36.4 Å². The summed E-state index contributed by atoms with van der Waals surface area (Å²) in [6, 6.07) is 12.9. The molecule has 0 aliphatic rings. The summed E-state index contributed by atoms with van der Waals surface area (Å²) in [6.45, 7) is 4.65. The molecule has 0 unspecified atom stereocenters. The van der Waals surface area contributed by atoms with Crippen molar-refractivity contribution < 1.29 is 18.7 Å². The van der Waals surface area contributed by atoms with Crippen molar-refractivity contribution in [2.24, 2.45) is 0 Å². The lowest BCUT2D eigenvalue weighted by Gasteiger charge is -2.31. The molecule has 0 radical (unpaired) electrons. The van der Waals surface area contributed by atoms with Crippen molar-refractivity contribution in [2.45, 2.75) is 45.7 Å². The van der Waals surface area contributed by atoms with E-state index in [0.717, 1.165) is 12.0 Å². The molecule has 29 heavy (non-hydrogen) atoms. The number of ether oxygens (including phenoxy) is 1. The van der Waals surface area contributed by atoms with Crippen LogP contribution >= 0.6 is 0 Å². The fourth-order valence-corrected chi connectivity index (χ4v) is 3.12. The van der Waals surface area contributed by atoms with E-state index >= 15 is 0 Å². The maximum absolute atomic E-state index is 14.1. The topological polar surface area (TPSA) is 58.6 Å². The largest absolute Gasteiger partial charge is 0.497 e. The van der Waals surface area contributed by atoms with E-state index in [9.17, 15) is 14.0 Å². The van der Waals surface area contributed by atoms with Crippen LogP contribution in [-0.2, 0) is 22.6 Å². The third-order valence-electron chi connectivity index (χ3n) is 4.75. The summed E-state index contributed by atoms with van der Waals surface area (Å²) in [7, 11) is 1.59. The predicted molar refractivity (Wildman–Crippen MR) is 111 cm³/mol. The first kappa shape index (κ1) is 22.4. The Morgan fingerprint density at radius 3 is 2.38 bits per heavy atom. The Morgan fingerprint density at radius 2 is 1.79 bits per heavy atom. The number of hydrogen-bond donors (Lipinski definition) is 1. The number of nitrogens with one attached hydrogen (secondary N) is 1. The van der Waals surface area contributed by atoms with E-state index in [1.807, 2.05) is 38.1 Å². The lowest BCUT2D eigenvalue weighted by atomic mass is 10.1. The molecule has 2 rings (SSSR count). The molecule has 0 spiro atoms. The summed E-state index contributed by atoms with van der Waals surface area (Å²) in [5.41, 5.74) is 1.19. The molecule has 2 aromatic rings. The van der Waals surface area contributed by atoms with Gasteiger partial charge in [-0.25, -0.2) is 4.39 Å². The lowest BCUT2D eigenvalue weighted by Crippen LogP contribution is -2.49. The molecule has 0 aliphatic heterocycles. The minimum Gasteiger partial charge on any atom is -0.497 e. The Bertz CT molecular complexity index is 808. The van der Waals surface area contributed by atoms with Crippen molar-refractivity contribution in [2.75, 3.05) is 13.7 Å². The second-order valence-corrected chi connectivity index (χ2v) is 6.85. The first-order chi connectivity index (χ1) is 14.0. The molecule has 2 amide bonds. The molecule has 0 aliphatic carbocycles. The third kappa shape index (κ3) is 6.31. The third-order valence-corrected chi connectivity index (χ3v) is 4.75. The van der Waals surface area contributed by atoms with Gasteiger partial charge in [0.25, 0.3) is 0 Å². The summed E-state index contributed by atoms with van der Waals surface area (Å²) in [5, 5.41) is 2.87. The molecule has 2 aromatic carbocycles. The first-order valence-electron chi connectivity index (χ1n) is 9.93. The smallest absolute Gasteiger partial charge is 0.242 e. The highest BCUT2D eigenvalue weighted by molar-refractivity contribution is 5.88. The van der Waals surface area contributed by atoms with E-state index in [4.69, 9.17) is 4.74 Å². The number of methoxy groups -OCH3 is 1. The van der Waals surface area contributed by atoms with Crippen molar-refractivity contribution in [3.8, 4) is 5.75 Å². The van der Waals surface area contributed by atoms with Crippen molar-refractivity contribution >= 4 is 11.8 Å². The number of nitrogens with zero attached hydrogens (tertiary/aromatic N) is 1. The van der Waals surface area contributed by atoms with Crippen molar-refractivity contribution in [3.05, 3.63) is 65.5 Å². The number of amides is 2. The fraction of sp³-hybridized carbons (Fsp3) is 0.391. The van der Waals surface area contributed by atoms with Crippen LogP contribution in [0.15, 0.2) is 48.5 Å². The highest BCUT2D eigenvalue weighted by Crippen LogP contribution is 2.18. The van der Waals surface area contributed by atoms with Crippen LogP contribution in [0, 0.1) is 5.82 Å². The van der Waals surface area contributed by atoms with Crippen molar-refractivity contribution in [1.29, 1.82) is 0 Å². The van der Waals surface area contributed by atoms with Crippen LogP contribution < -0.4 is 10.1 Å². The summed E-state index contributed by atoms with van der Waals surface area (Å²) >= 11 is 0.